The van der Waals surface area contributed by atoms with Crippen molar-refractivity contribution in [1.29, 1.82) is 0 Å². The molecule has 0 bridgehead atoms. The third-order valence-electron chi connectivity index (χ3n) is 3.77. The summed E-state index contributed by atoms with van der Waals surface area (Å²) in [5, 5.41) is 9.14. The summed E-state index contributed by atoms with van der Waals surface area (Å²) in [7, 11) is 4.06. The highest BCUT2D eigenvalue weighted by Crippen LogP contribution is 2.42. The molecule has 0 spiro atoms. The van der Waals surface area contributed by atoms with Gasteiger partial charge in [-0.3, -0.25) is 4.79 Å². The van der Waals surface area contributed by atoms with E-state index < -0.39 is 5.97 Å². The first-order chi connectivity index (χ1) is 8.02. The fourth-order valence-electron chi connectivity index (χ4n) is 2.78. The van der Waals surface area contributed by atoms with Crippen molar-refractivity contribution >= 4 is 11.7 Å². The molecule has 0 heterocycles. The number of anilines is 1. The molecule has 0 saturated heterocycles. The maximum absolute atomic E-state index is 11.1. The number of nitrogens with zero attached hydrogens (tertiary/aromatic N) is 1. The van der Waals surface area contributed by atoms with Crippen LogP contribution in [0.15, 0.2) is 18.2 Å². The van der Waals surface area contributed by atoms with E-state index in [0.29, 0.717) is 0 Å². The summed E-state index contributed by atoms with van der Waals surface area (Å²) in [5.74, 6) is -0.825. The molecule has 1 N–H and O–H groups in total. The summed E-state index contributed by atoms with van der Waals surface area (Å²) in [6.45, 7) is 1.81. The van der Waals surface area contributed by atoms with Crippen molar-refractivity contribution < 1.29 is 9.90 Å². The van der Waals surface area contributed by atoms with Gasteiger partial charge < -0.3 is 10.0 Å². The van der Waals surface area contributed by atoms with E-state index in [1.165, 1.54) is 16.8 Å². The van der Waals surface area contributed by atoms with Gasteiger partial charge in [-0.25, -0.2) is 0 Å². The smallest absolute Gasteiger partial charge is 0.306 e. The number of carbonyl (C=O) groups is 1. The monoisotopic (exact) mass is 233 g/mol. The Morgan fingerprint density at radius 3 is 2.76 bits per heavy atom. The number of carboxylic acid groups (broad SMARTS) is 1. The van der Waals surface area contributed by atoms with Gasteiger partial charge in [0.25, 0.3) is 0 Å². The van der Waals surface area contributed by atoms with Crippen molar-refractivity contribution in [3.05, 3.63) is 29.3 Å². The van der Waals surface area contributed by atoms with Crippen molar-refractivity contribution in [2.24, 2.45) is 5.92 Å². The van der Waals surface area contributed by atoms with Crippen molar-refractivity contribution in [3.8, 4) is 0 Å². The van der Waals surface area contributed by atoms with Crippen LogP contribution in [0.5, 0.6) is 0 Å². The van der Waals surface area contributed by atoms with E-state index in [-0.39, 0.29) is 11.8 Å². The highest BCUT2D eigenvalue weighted by Gasteiger charge is 2.32. The highest BCUT2D eigenvalue weighted by atomic mass is 16.4. The first kappa shape index (κ1) is 12.0. The second kappa shape index (κ2) is 4.40. The molecule has 0 amide bonds. The highest BCUT2D eigenvalue weighted by molar-refractivity contribution is 5.72. The van der Waals surface area contributed by atoms with Crippen molar-refractivity contribution in [2.45, 2.75) is 25.7 Å². The van der Waals surface area contributed by atoms with Gasteiger partial charge in [0.2, 0.25) is 0 Å². The predicted molar refractivity (Wildman–Crippen MR) is 68.6 cm³/mol. The fraction of sp³-hybridized carbons (Fsp3) is 0.500. The Bertz CT molecular complexity index is 440. The zero-order chi connectivity index (χ0) is 12.6. The molecule has 0 radical (unpaired) electrons. The topological polar surface area (TPSA) is 40.5 Å². The van der Waals surface area contributed by atoms with Crippen LogP contribution in [0.4, 0.5) is 5.69 Å². The van der Waals surface area contributed by atoms with E-state index in [9.17, 15) is 4.79 Å². The molecule has 92 valence electrons. The number of rotatable bonds is 3. The van der Waals surface area contributed by atoms with Crippen molar-refractivity contribution in [2.75, 3.05) is 19.0 Å². The quantitative estimate of drug-likeness (QED) is 0.872. The molecule has 2 atom stereocenters. The SMILES string of the molecule is CC(C(=O)O)C1CCc2c1cccc2N(C)C. The largest absolute Gasteiger partial charge is 0.481 e. The maximum Gasteiger partial charge on any atom is 0.306 e. The van der Waals surface area contributed by atoms with E-state index in [0.717, 1.165) is 12.8 Å². The lowest BCUT2D eigenvalue weighted by molar-refractivity contribution is -0.141. The lowest BCUT2D eigenvalue weighted by Crippen LogP contribution is -2.17. The number of benzene rings is 1. The summed E-state index contributed by atoms with van der Waals surface area (Å²) in [6, 6.07) is 6.22. The van der Waals surface area contributed by atoms with E-state index >= 15 is 0 Å². The number of fused-ring (bicyclic) bond motifs is 1. The standard InChI is InChI=1S/C14H19NO2/c1-9(14(16)17)10-7-8-12-11(10)5-4-6-13(12)15(2)3/h4-6,9-10H,7-8H2,1-3H3,(H,16,17). The Morgan fingerprint density at radius 1 is 1.47 bits per heavy atom. The number of aliphatic carboxylic acids is 1. The van der Waals surface area contributed by atoms with Crippen LogP contribution in [0.1, 0.15) is 30.4 Å². The Hall–Kier alpha value is -1.51. The normalized spacial score (nSPS) is 19.8. The van der Waals surface area contributed by atoms with Gasteiger partial charge in [0.15, 0.2) is 0 Å². The number of carboxylic acids is 1. The van der Waals surface area contributed by atoms with Crippen LogP contribution in [0, 0.1) is 5.92 Å². The minimum Gasteiger partial charge on any atom is -0.481 e. The summed E-state index contributed by atoms with van der Waals surface area (Å²) >= 11 is 0. The molecule has 1 aliphatic rings. The molecule has 0 fully saturated rings. The Balaban J connectivity index is 2.39. The summed E-state index contributed by atoms with van der Waals surface area (Å²) < 4.78 is 0. The van der Waals surface area contributed by atoms with Crippen LogP contribution < -0.4 is 4.90 Å². The molecule has 0 aromatic heterocycles. The van der Waals surface area contributed by atoms with E-state index in [4.69, 9.17) is 5.11 Å². The number of hydrogen-bond acceptors (Lipinski definition) is 2. The van der Waals surface area contributed by atoms with E-state index in [2.05, 4.69) is 17.0 Å². The lowest BCUT2D eigenvalue weighted by atomic mass is 9.88. The average molecular weight is 233 g/mol. The first-order valence-corrected chi connectivity index (χ1v) is 6.04. The molecular weight excluding hydrogens is 214 g/mol. The Kier molecular flexibility index (Phi) is 3.09. The number of hydrogen-bond donors (Lipinski definition) is 1. The first-order valence-electron chi connectivity index (χ1n) is 6.04. The van der Waals surface area contributed by atoms with Crippen LogP contribution in [0.2, 0.25) is 0 Å². The van der Waals surface area contributed by atoms with Gasteiger partial charge in [-0.1, -0.05) is 19.1 Å². The molecule has 0 aliphatic heterocycles. The molecule has 2 unspecified atom stereocenters. The zero-order valence-corrected chi connectivity index (χ0v) is 10.6. The minimum atomic E-state index is -0.696. The third-order valence-corrected chi connectivity index (χ3v) is 3.77. The van der Waals surface area contributed by atoms with E-state index in [1.807, 2.05) is 27.1 Å². The Labute approximate surface area is 102 Å². The van der Waals surface area contributed by atoms with Crippen LogP contribution in [-0.2, 0) is 11.2 Å². The molecule has 0 saturated carbocycles. The van der Waals surface area contributed by atoms with Crippen LogP contribution >= 0.6 is 0 Å². The van der Waals surface area contributed by atoms with Crippen molar-refractivity contribution in [3.63, 3.8) is 0 Å². The molecule has 1 aromatic rings. The third kappa shape index (κ3) is 2.02. The maximum atomic E-state index is 11.1. The molecule has 3 nitrogen and oxygen atoms in total. The van der Waals surface area contributed by atoms with Gasteiger partial charge >= 0.3 is 5.97 Å². The predicted octanol–water partition coefficient (Wildman–Crippen LogP) is 2.50. The van der Waals surface area contributed by atoms with E-state index in [1.54, 1.807) is 0 Å². The van der Waals surface area contributed by atoms with Gasteiger partial charge in [0, 0.05) is 19.8 Å². The molecule has 2 rings (SSSR count). The second-order valence-electron chi connectivity index (χ2n) is 5.01. The second-order valence-corrected chi connectivity index (χ2v) is 5.01. The molecule has 1 aliphatic carbocycles. The van der Waals surface area contributed by atoms with Crippen LogP contribution in [0.25, 0.3) is 0 Å². The summed E-state index contributed by atoms with van der Waals surface area (Å²) in [6.07, 6.45) is 1.94. The Morgan fingerprint density at radius 2 is 2.18 bits per heavy atom. The van der Waals surface area contributed by atoms with Gasteiger partial charge in [-0.05, 0) is 36.0 Å². The zero-order valence-electron chi connectivity index (χ0n) is 10.6. The fourth-order valence-corrected chi connectivity index (χ4v) is 2.78. The van der Waals surface area contributed by atoms with Gasteiger partial charge in [-0.15, -0.1) is 0 Å². The van der Waals surface area contributed by atoms with Gasteiger partial charge in [-0.2, -0.15) is 0 Å². The molecule has 1 aromatic carbocycles. The summed E-state index contributed by atoms with van der Waals surface area (Å²) in [4.78, 5) is 13.2. The summed E-state index contributed by atoms with van der Waals surface area (Å²) in [5.41, 5.74) is 3.78. The van der Waals surface area contributed by atoms with Gasteiger partial charge in [0.05, 0.1) is 5.92 Å². The van der Waals surface area contributed by atoms with Crippen LogP contribution in [0.3, 0.4) is 0 Å². The minimum absolute atomic E-state index is 0.169. The molecular formula is C14H19NO2. The van der Waals surface area contributed by atoms with Gasteiger partial charge in [0.1, 0.15) is 0 Å². The lowest BCUT2D eigenvalue weighted by Gasteiger charge is -2.19. The average Bonchev–Trinajstić information content (AvgIpc) is 2.70. The van der Waals surface area contributed by atoms with Crippen molar-refractivity contribution in [1.82, 2.24) is 0 Å². The van der Waals surface area contributed by atoms with Crippen LogP contribution in [-0.4, -0.2) is 25.2 Å². The molecule has 3 heteroatoms. The molecule has 17 heavy (non-hydrogen) atoms.